The van der Waals surface area contributed by atoms with E-state index in [4.69, 9.17) is 0 Å². The molecule has 1 aliphatic heterocycles. The molecule has 8 nitrogen and oxygen atoms in total. The van der Waals surface area contributed by atoms with Gasteiger partial charge < -0.3 is 15.2 Å². The highest BCUT2D eigenvalue weighted by Crippen LogP contribution is 2.57. The van der Waals surface area contributed by atoms with Gasteiger partial charge in [-0.3, -0.25) is 9.69 Å². The second-order valence-electron chi connectivity index (χ2n) is 10.0. The lowest BCUT2D eigenvalue weighted by Gasteiger charge is -2.63. The number of aliphatic hydroxyl groups is 1. The Hall–Kier alpha value is -2.84. The molecule has 3 N–H and O–H groups in total. The van der Waals surface area contributed by atoms with Crippen LogP contribution in [0.5, 0.6) is 0 Å². The van der Waals surface area contributed by atoms with E-state index in [0.717, 1.165) is 24.2 Å². The number of carboxylic acids is 1. The molecule has 3 aliphatic carbocycles. The van der Waals surface area contributed by atoms with Gasteiger partial charge in [-0.05, 0) is 78.2 Å². The molecule has 3 atom stereocenters. The first-order chi connectivity index (χ1) is 15.3. The topological polar surface area (TPSA) is 123 Å². The number of hydrogen-bond donors (Lipinski definition) is 3. The number of carboxylic acid groups (broad SMARTS) is 1. The third-order valence-electron chi connectivity index (χ3n) is 8.35. The number of carbonyl (C=O) groups is 1. The van der Waals surface area contributed by atoms with E-state index >= 15 is 0 Å². The fourth-order valence-corrected chi connectivity index (χ4v) is 6.60. The molecule has 0 unspecified atom stereocenters. The number of nitroso groups, excluding NO2 is 1. The number of fused-ring (bicyclic) bond motifs is 2. The van der Waals surface area contributed by atoms with Crippen LogP contribution in [-0.4, -0.2) is 50.8 Å². The van der Waals surface area contributed by atoms with E-state index in [1.807, 2.05) is 6.07 Å². The van der Waals surface area contributed by atoms with Crippen molar-refractivity contribution in [3.8, 4) is 0 Å². The van der Waals surface area contributed by atoms with Gasteiger partial charge in [0.1, 0.15) is 11.3 Å². The van der Waals surface area contributed by atoms with Gasteiger partial charge in [0.05, 0.1) is 5.60 Å². The van der Waals surface area contributed by atoms with Gasteiger partial charge >= 0.3 is 5.97 Å². The summed E-state index contributed by atoms with van der Waals surface area (Å²) in [5.41, 5.74) is 1.03. The van der Waals surface area contributed by atoms with Crippen LogP contribution < -0.4 is 5.56 Å². The minimum atomic E-state index is -1.27. The van der Waals surface area contributed by atoms with Crippen molar-refractivity contribution in [3.05, 3.63) is 67.5 Å². The van der Waals surface area contributed by atoms with E-state index in [2.05, 4.69) is 15.1 Å². The maximum Gasteiger partial charge on any atom is 0.341 e. The Kier molecular flexibility index (Phi) is 4.08. The molecular weight excluding hydrogens is 410 g/mol. The second kappa shape index (κ2) is 6.59. The lowest BCUT2D eigenvalue weighted by molar-refractivity contribution is -0.152. The van der Waals surface area contributed by atoms with Gasteiger partial charge in [-0.2, -0.15) is 0 Å². The molecule has 32 heavy (non-hydrogen) atoms. The average Bonchev–Trinajstić information content (AvgIpc) is 3.57. The van der Waals surface area contributed by atoms with Crippen molar-refractivity contribution < 1.29 is 15.0 Å². The predicted molar refractivity (Wildman–Crippen MR) is 116 cm³/mol. The van der Waals surface area contributed by atoms with E-state index in [9.17, 15) is 24.7 Å². The molecular formula is C24H25N3O5. The lowest BCUT2D eigenvalue weighted by atomic mass is 9.49. The number of aromatic carboxylic acids is 1. The van der Waals surface area contributed by atoms with Gasteiger partial charge in [-0.15, -0.1) is 4.91 Å². The number of benzene rings is 1. The summed E-state index contributed by atoms with van der Waals surface area (Å²) in [6.07, 6.45) is 4.49. The maximum absolute atomic E-state index is 12.4. The van der Waals surface area contributed by atoms with Gasteiger partial charge in [0.15, 0.2) is 0 Å². The van der Waals surface area contributed by atoms with Crippen molar-refractivity contribution in [2.45, 2.75) is 55.6 Å². The van der Waals surface area contributed by atoms with Crippen LogP contribution in [0.4, 0.5) is 5.69 Å². The number of pyridine rings is 1. The van der Waals surface area contributed by atoms with Crippen molar-refractivity contribution in [1.29, 1.82) is 0 Å². The molecule has 4 aliphatic rings. The van der Waals surface area contributed by atoms with Gasteiger partial charge in [0, 0.05) is 36.5 Å². The Bertz CT molecular complexity index is 1220. The van der Waals surface area contributed by atoms with Crippen LogP contribution in [0.2, 0.25) is 0 Å². The summed E-state index contributed by atoms with van der Waals surface area (Å²) in [6, 6.07) is 6.81. The fraction of sp³-hybridized carbons (Fsp3) is 0.500. The normalized spacial score (nSPS) is 30.7. The molecule has 166 valence electrons. The molecule has 1 saturated heterocycles. The Balaban J connectivity index is 1.55. The number of H-pyrrole nitrogens is 1. The quantitative estimate of drug-likeness (QED) is 0.633. The predicted octanol–water partition coefficient (Wildman–Crippen LogP) is 2.28. The average molecular weight is 435 g/mol. The van der Waals surface area contributed by atoms with Crippen LogP contribution in [0, 0.1) is 10.8 Å². The highest BCUT2D eigenvalue weighted by Gasteiger charge is 2.64. The summed E-state index contributed by atoms with van der Waals surface area (Å²) in [5, 5.41) is 25.0. The van der Waals surface area contributed by atoms with Gasteiger partial charge in [0.2, 0.25) is 0 Å². The molecule has 1 aromatic carbocycles. The number of likely N-dealkylation sites (tertiary alicyclic amines) is 1. The zero-order chi connectivity index (χ0) is 22.3. The molecule has 6 rings (SSSR count). The van der Waals surface area contributed by atoms with E-state index in [1.54, 1.807) is 12.1 Å². The van der Waals surface area contributed by atoms with E-state index < -0.39 is 22.5 Å². The SMILES string of the molecule is O=Nc1ccc2c(c1)[C@]13CCN(CC4CC4)[C@H](C2)[C@]1(O)Cc1cc(C(=O)O)c(=O)[nH]c1C3. The minimum absolute atomic E-state index is 0.104. The number of hydrogen-bond acceptors (Lipinski definition) is 6. The summed E-state index contributed by atoms with van der Waals surface area (Å²) in [5.74, 6) is -0.590. The molecule has 1 saturated carbocycles. The molecule has 8 heteroatoms. The third kappa shape index (κ3) is 2.62. The van der Waals surface area contributed by atoms with E-state index in [1.165, 1.54) is 18.9 Å². The maximum atomic E-state index is 12.4. The molecule has 0 spiro atoms. The van der Waals surface area contributed by atoms with Crippen LogP contribution in [0.3, 0.4) is 0 Å². The number of nitrogens with zero attached hydrogens (tertiary/aromatic N) is 2. The Morgan fingerprint density at radius 1 is 1.22 bits per heavy atom. The molecule has 0 radical (unpaired) electrons. The molecule has 2 fully saturated rings. The number of rotatable bonds is 4. The fourth-order valence-electron chi connectivity index (χ4n) is 6.60. The van der Waals surface area contributed by atoms with Crippen molar-refractivity contribution >= 4 is 11.7 Å². The molecule has 1 aromatic heterocycles. The number of aromatic nitrogens is 1. The first kappa shape index (κ1) is 19.8. The van der Waals surface area contributed by atoms with Crippen LogP contribution >= 0.6 is 0 Å². The van der Waals surface area contributed by atoms with E-state index in [0.29, 0.717) is 42.1 Å². The largest absolute Gasteiger partial charge is 0.477 e. The second-order valence-corrected chi connectivity index (χ2v) is 10.0. The lowest BCUT2D eigenvalue weighted by Crippen LogP contribution is -2.74. The van der Waals surface area contributed by atoms with E-state index in [-0.39, 0.29) is 18.0 Å². The first-order valence-corrected chi connectivity index (χ1v) is 11.3. The van der Waals surface area contributed by atoms with Crippen molar-refractivity contribution in [3.63, 3.8) is 0 Å². The Morgan fingerprint density at radius 2 is 2.03 bits per heavy atom. The molecule has 2 aromatic rings. The first-order valence-electron chi connectivity index (χ1n) is 11.3. The summed E-state index contributed by atoms with van der Waals surface area (Å²) in [6.45, 7) is 1.81. The van der Waals surface area contributed by atoms with Crippen LogP contribution in [-0.2, 0) is 24.7 Å². The van der Waals surface area contributed by atoms with Crippen LogP contribution in [0.25, 0.3) is 0 Å². The summed E-state index contributed by atoms with van der Waals surface area (Å²) < 4.78 is 0. The van der Waals surface area contributed by atoms with Gasteiger partial charge in [-0.1, -0.05) is 6.07 Å². The Morgan fingerprint density at radius 3 is 2.75 bits per heavy atom. The van der Waals surface area contributed by atoms with Crippen molar-refractivity contribution in [2.75, 3.05) is 13.1 Å². The van der Waals surface area contributed by atoms with Crippen molar-refractivity contribution in [2.24, 2.45) is 11.1 Å². The standard InChI is InChI=1S/C24H25N3O5/c28-21-17(22(29)30)7-15-10-24(31)20-8-14-3-4-16(26-32)9-18(14)23(24,11-19(15)25-21)5-6-27(20)12-13-1-2-13/h3-4,7,9,13,20,31H,1-2,5-6,8,10-12H2,(H,25,28)(H,29,30)/t20-,23-,24-/m1/s1. The van der Waals surface area contributed by atoms with Gasteiger partial charge in [0.25, 0.3) is 5.56 Å². The monoisotopic (exact) mass is 435 g/mol. The number of piperidine rings is 1. The van der Waals surface area contributed by atoms with Crippen molar-refractivity contribution in [1.82, 2.24) is 9.88 Å². The van der Waals surface area contributed by atoms with Crippen LogP contribution in [0.1, 0.15) is 52.0 Å². The highest BCUT2D eigenvalue weighted by molar-refractivity contribution is 5.87. The summed E-state index contributed by atoms with van der Waals surface area (Å²) in [4.78, 5) is 40.5. The third-order valence-corrected chi connectivity index (χ3v) is 8.35. The zero-order valence-electron chi connectivity index (χ0n) is 17.6. The zero-order valence-corrected chi connectivity index (χ0v) is 17.6. The van der Waals surface area contributed by atoms with Crippen LogP contribution in [0.15, 0.2) is 34.2 Å². The molecule has 2 bridgehead atoms. The molecule has 2 heterocycles. The molecule has 0 amide bonds. The number of nitrogens with one attached hydrogen (secondary N) is 1. The minimum Gasteiger partial charge on any atom is -0.477 e. The van der Waals surface area contributed by atoms with Gasteiger partial charge in [-0.25, -0.2) is 4.79 Å². The number of aromatic amines is 1. The summed E-state index contributed by atoms with van der Waals surface area (Å²) >= 11 is 0. The Labute approximate surface area is 184 Å². The summed E-state index contributed by atoms with van der Waals surface area (Å²) in [7, 11) is 0. The smallest absolute Gasteiger partial charge is 0.341 e. The highest BCUT2D eigenvalue weighted by atomic mass is 16.4.